The Kier molecular flexibility index (Phi) is 4.97. The van der Waals surface area contributed by atoms with Crippen molar-refractivity contribution in [3.63, 3.8) is 0 Å². The van der Waals surface area contributed by atoms with Crippen LogP contribution in [0.25, 0.3) is 0 Å². The lowest BCUT2D eigenvalue weighted by atomic mass is 10.1. The van der Waals surface area contributed by atoms with Crippen LogP contribution >= 0.6 is 11.6 Å². The molecule has 0 fully saturated rings. The Balaban J connectivity index is 2.76. The minimum absolute atomic E-state index is 0.0550. The summed E-state index contributed by atoms with van der Waals surface area (Å²) in [4.78, 5) is 21.8. The molecule has 5 nitrogen and oxygen atoms in total. The number of carboxylic acid groups (broad SMARTS) is 1. The van der Waals surface area contributed by atoms with Gasteiger partial charge in [-0.05, 0) is 18.1 Å². The van der Waals surface area contributed by atoms with E-state index in [9.17, 15) is 9.59 Å². The number of nitrogens with two attached hydrogens (primary N) is 1. The zero-order valence-corrected chi connectivity index (χ0v) is 10.7. The number of benzene rings is 1. The smallest absolute Gasteiger partial charge is 0.303 e. The molecule has 0 aliphatic rings. The maximum atomic E-state index is 11.3. The topological polar surface area (TPSA) is 92.4 Å². The molecule has 1 aromatic carbocycles. The predicted octanol–water partition coefficient (Wildman–Crippen LogP) is 1.96. The lowest BCUT2D eigenvalue weighted by Gasteiger charge is -2.14. The molecule has 1 unspecified atom stereocenters. The van der Waals surface area contributed by atoms with Gasteiger partial charge in [0, 0.05) is 18.7 Å². The molecule has 0 radical (unpaired) electrons. The molecule has 1 atom stereocenters. The molecule has 0 aliphatic heterocycles. The highest BCUT2D eigenvalue weighted by Gasteiger charge is 2.13. The van der Waals surface area contributed by atoms with E-state index in [4.69, 9.17) is 22.4 Å². The zero-order chi connectivity index (χ0) is 13.7. The number of primary amides is 1. The number of aliphatic carboxylic acids is 1. The molecule has 4 N–H and O–H groups in total. The molecule has 0 heterocycles. The van der Waals surface area contributed by atoms with Crippen LogP contribution in [0.4, 0.5) is 5.69 Å². The molecule has 18 heavy (non-hydrogen) atoms. The molecule has 6 heteroatoms. The monoisotopic (exact) mass is 270 g/mol. The second kappa shape index (κ2) is 6.26. The SMILES string of the molecule is CC(CNc1cccc(Cl)c1C(N)=O)CC(=O)O. The van der Waals surface area contributed by atoms with Gasteiger partial charge in [-0.3, -0.25) is 9.59 Å². The number of carbonyl (C=O) groups excluding carboxylic acids is 1. The van der Waals surface area contributed by atoms with Gasteiger partial charge in [-0.15, -0.1) is 0 Å². The van der Waals surface area contributed by atoms with Crippen molar-refractivity contribution in [2.45, 2.75) is 13.3 Å². The fraction of sp³-hybridized carbons (Fsp3) is 0.333. The normalized spacial score (nSPS) is 11.9. The number of hydrogen-bond acceptors (Lipinski definition) is 3. The van der Waals surface area contributed by atoms with Crippen LogP contribution < -0.4 is 11.1 Å². The van der Waals surface area contributed by atoms with Crippen molar-refractivity contribution < 1.29 is 14.7 Å². The third kappa shape index (κ3) is 3.92. The first-order valence-electron chi connectivity index (χ1n) is 5.45. The Morgan fingerprint density at radius 2 is 2.17 bits per heavy atom. The van der Waals surface area contributed by atoms with E-state index in [-0.39, 0.29) is 22.9 Å². The minimum atomic E-state index is -0.856. The molecule has 1 aromatic rings. The second-order valence-electron chi connectivity index (χ2n) is 4.11. The quantitative estimate of drug-likeness (QED) is 0.737. The van der Waals surface area contributed by atoms with E-state index >= 15 is 0 Å². The van der Waals surface area contributed by atoms with Crippen LogP contribution in [0.1, 0.15) is 23.7 Å². The summed E-state index contributed by atoms with van der Waals surface area (Å²) in [6, 6.07) is 4.95. The number of carbonyl (C=O) groups is 2. The fourth-order valence-electron chi connectivity index (χ4n) is 1.58. The summed E-state index contributed by atoms with van der Waals surface area (Å²) in [6.45, 7) is 2.22. The van der Waals surface area contributed by atoms with Crippen molar-refractivity contribution in [1.82, 2.24) is 0 Å². The summed E-state index contributed by atoms with van der Waals surface area (Å²) in [5.41, 5.74) is 5.99. The molecular weight excluding hydrogens is 256 g/mol. The van der Waals surface area contributed by atoms with Gasteiger partial charge >= 0.3 is 5.97 Å². The van der Waals surface area contributed by atoms with E-state index in [0.29, 0.717) is 12.2 Å². The van der Waals surface area contributed by atoms with Crippen LogP contribution in [0.5, 0.6) is 0 Å². The van der Waals surface area contributed by atoms with E-state index in [2.05, 4.69) is 5.32 Å². The number of hydrogen-bond donors (Lipinski definition) is 3. The molecule has 0 saturated carbocycles. The van der Waals surface area contributed by atoms with E-state index in [1.807, 2.05) is 0 Å². The highest BCUT2D eigenvalue weighted by atomic mass is 35.5. The molecule has 0 aliphatic carbocycles. The van der Waals surface area contributed by atoms with Crippen LogP contribution in [-0.2, 0) is 4.79 Å². The molecule has 0 spiro atoms. The second-order valence-corrected chi connectivity index (χ2v) is 4.52. The van der Waals surface area contributed by atoms with Gasteiger partial charge in [-0.25, -0.2) is 0 Å². The Hall–Kier alpha value is -1.75. The molecule has 1 amide bonds. The molecule has 0 bridgehead atoms. The number of nitrogens with one attached hydrogen (secondary N) is 1. The van der Waals surface area contributed by atoms with Gasteiger partial charge in [0.2, 0.25) is 0 Å². The number of halogens is 1. The summed E-state index contributed by atoms with van der Waals surface area (Å²) in [5, 5.41) is 11.9. The lowest BCUT2D eigenvalue weighted by molar-refractivity contribution is -0.137. The Bertz CT molecular complexity index is 463. The third-order valence-corrected chi connectivity index (χ3v) is 2.74. The highest BCUT2D eigenvalue weighted by molar-refractivity contribution is 6.34. The predicted molar refractivity (Wildman–Crippen MR) is 69.9 cm³/mol. The van der Waals surface area contributed by atoms with Gasteiger partial charge in [0.15, 0.2) is 0 Å². The fourth-order valence-corrected chi connectivity index (χ4v) is 1.84. The first-order chi connectivity index (χ1) is 8.41. The standard InChI is InChI=1S/C12H15ClN2O3/c1-7(5-10(16)17)6-15-9-4-2-3-8(13)11(9)12(14)18/h2-4,7,15H,5-6H2,1H3,(H2,14,18)(H,16,17). The Morgan fingerprint density at radius 3 is 2.72 bits per heavy atom. The lowest BCUT2D eigenvalue weighted by Crippen LogP contribution is -2.19. The van der Waals surface area contributed by atoms with E-state index < -0.39 is 11.9 Å². The molecule has 0 saturated heterocycles. The van der Waals surface area contributed by atoms with Gasteiger partial charge in [0.25, 0.3) is 5.91 Å². The summed E-state index contributed by atoms with van der Waals surface area (Å²) in [5.74, 6) is -1.54. The summed E-state index contributed by atoms with van der Waals surface area (Å²) < 4.78 is 0. The van der Waals surface area contributed by atoms with E-state index in [1.54, 1.807) is 25.1 Å². The summed E-state index contributed by atoms with van der Waals surface area (Å²) >= 11 is 5.89. The largest absolute Gasteiger partial charge is 0.481 e. The molecular formula is C12H15ClN2O3. The maximum Gasteiger partial charge on any atom is 0.303 e. The van der Waals surface area contributed by atoms with Crippen molar-refractivity contribution >= 4 is 29.2 Å². The van der Waals surface area contributed by atoms with Gasteiger partial charge in [0.05, 0.1) is 10.6 Å². The van der Waals surface area contributed by atoms with Gasteiger partial charge in [-0.1, -0.05) is 24.6 Å². The number of amides is 1. The first-order valence-corrected chi connectivity index (χ1v) is 5.83. The minimum Gasteiger partial charge on any atom is -0.481 e. The van der Waals surface area contributed by atoms with Crippen molar-refractivity contribution in [2.24, 2.45) is 11.7 Å². The average Bonchev–Trinajstić information content (AvgIpc) is 2.24. The molecule has 98 valence electrons. The van der Waals surface area contributed by atoms with E-state index in [0.717, 1.165) is 0 Å². The molecule has 0 aromatic heterocycles. The van der Waals surface area contributed by atoms with Gasteiger partial charge < -0.3 is 16.2 Å². The molecule has 1 rings (SSSR count). The van der Waals surface area contributed by atoms with Crippen LogP contribution in [0.2, 0.25) is 5.02 Å². The van der Waals surface area contributed by atoms with Gasteiger partial charge in [0.1, 0.15) is 0 Å². The average molecular weight is 271 g/mol. The van der Waals surface area contributed by atoms with Crippen molar-refractivity contribution in [2.75, 3.05) is 11.9 Å². The van der Waals surface area contributed by atoms with E-state index in [1.165, 1.54) is 0 Å². The van der Waals surface area contributed by atoms with Gasteiger partial charge in [-0.2, -0.15) is 0 Å². The van der Waals surface area contributed by atoms with Crippen LogP contribution in [-0.4, -0.2) is 23.5 Å². The van der Waals surface area contributed by atoms with Crippen molar-refractivity contribution in [3.05, 3.63) is 28.8 Å². The van der Waals surface area contributed by atoms with Crippen LogP contribution in [0.15, 0.2) is 18.2 Å². The number of carboxylic acids is 1. The van der Waals surface area contributed by atoms with Crippen molar-refractivity contribution in [3.8, 4) is 0 Å². The Morgan fingerprint density at radius 1 is 1.50 bits per heavy atom. The highest BCUT2D eigenvalue weighted by Crippen LogP contribution is 2.24. The van der Waals surface area contributed by atoms with Crippen LogP contribution in [0.3, 0.4) is 0 Å². The summed E-state index contributed by atoms with van der Waals surface area (Å²) in [6.07, 6.45) is 0.0550. The maximum absolute atomic E-state index is 11.3. The first kappa shape index (κ1) is 14.3. The van der Waals surface area contributed by atoms with Crippen LogP contribution in [0, 0.1) is 5.92 Å². The number of anilines is 1. The third-order valence-electron chi connectivity index (χ3n) is 2.42. The van der Waals surface area contributed by atoms with Crippen molar-refractivity contribution in [1.29, 1.82) is 0 Å². The zero-order valence-electron chi connectivity index (χ0n) is 9.94. The summed E-state index contributed by atoms with van der Waals surface area (Å²) in [7, 11) is 0. The Labute approximate surface area is 110 Å². The number of rotatable bonds is 6.